The van der Waals surface area contributed by atoms with E-state index in [1.807, 2.05) is 6.07 Å². The van der Waals surface area contributed by atoms with Gasteiger partial charge in [0.05, 0.1) is 11.6 Å². The molecule has 0 saturated carbocycles. The normalized spacial score (nSPS) is 24.3. The number of hydrogen-bond acceptors (Lipinski definition) is 5. The number of rotatable bonds is 4. The van der Waals surface area contributed by atoms with Crippen molar-refractivity contribution in [3.8, 4) is 0 Å². The number of amides is 1. The highest BCUT2D eigenvalue weighted by atomic mass is 16.7. The highest BCUT2D eigenvalue weighted by Gasteiger charge is 2.38. The van der Waals surface area contributed by atoms with E-state index in [-0.39, 0.29) is 11.7 Å². The van der Waals surface area contributed by atoms with Gasteiger partial charge in [0.1, 0.15) is 5.76 Å². The van der Waals surface area contributed by atoms with Gasteiger partial charge >= 0.3 is 5.97 Å². The van der Waals surface area contributed by atoms with Crippen molar-refractivity contribution in [1.29, 1.82) is 0 Å². The number of carbonyl (C=O) groups is 2. The lowest BCUT2D eigenvalue weighted by Crippen LogP contribution is -2.51. The summed E-state index contributed by atoms with van der Waals surface area (Å²) in [5, 5.41) is 2.75. The minimum absolute atomic E-state index is 0.227. The molecule has 1 saturated heterocycles. The van der Waals surface area contributed by atoms with E-state index in [1.165, 1.54) is 14.0 Å². The lowest BCUT2D eigenvalue weighted by Gasteiger charge is -2.36. The van der Waals surface area contributed by atoms with Crippen molar-refractivity contribution in [2.45, 2.75) is 31.8 Å². The van der Waals surface area contributed by atoms with Crippen LogP contribution < -0.4 is 5.32 Å². The number of benzene rings is 1. The minimum Gasteiger partial charge on any atom is -0.466 e. The number of nitrogens with one attached hydrogen (secondary N) is 1. The summed E-state index contributed by atoms with van der Waals surface area (Å²) in [5.41, 5.74) is 0.422. The number of methoxy groups -OCH3 is 1. The Bertz CT molecular complexity index is 557. The summed E-state index contributed by atoms with van der Waals surface area (Å²) in [7, 11) is 1.50. The molecule has 2 rings (SSSR count). The average Bonchev–Trinajstić information content (AvgIpc) is 2.50. The van der Waals surface area contributed by atoms with Gasteiger partial charge in [-0.3, -0.25) is 4.79 Å². The molecule has 0 unspecified atom stereocenters. The molecule has 1 fully saturated rings. The molecular weight excluding hydrogens is 286 g/mol. The van der Waals surface area contributed by atoms with Gasteiger partial charge in [0, 0.05) is 20.5 Å². The fraction of sp³-hybridized carbons (Fsp3) is 0.375. The molecule has 1 amide bonds. The summed E-state index contributed by atoms with van der Waals surface area (Å²) in [4.78, 5) is 23.5. The molecule has 22 heavy (non-hydrogen) atoms. The smallest absolute Gasteiger partial charge is 0.338 e. The first-order chi connectivity index (χ1) is 10.5. The lowest BCUT2D eigenvalue weighted by atomic mass is 10.0. The Labute approximate surface area is 129 Å². The fourth-order valence-electron chi connectivity index (χ4n) is 2.28. The van der Waals surface area contributed by atoms with E-state index in [9.17, 15) is 9.59 Å². The van der Waals surface area contributed by atoms with Crippen LogP contribution in [-0.2, 0) is 19.0 Å². The maximum atomic E-state index is 12.2. The summed E-state index contributed by atoms with van der Waals surface area (Å²) in [6, 6.07) is 8.16. The largest absolute Gasteiger partial charge is 0.466 e. The number of carbonyl (C=O) groups excluding carboxylic acids is 2. The van der Waals surface area contributed by atoms with Crippen molar-refractivity contribution in [3.63, 3.8) is 0 Å². The van der Waals surface area contributed by atoms with Crippen LogP contribution in [0, 0.1) is 0 Å². The van der Waals surface area contributed by atoms with E-state index in [1.54, 1.807) is 24.3 Å². The quantitative estimate of drug-likeness (QED) is 0.856. The predicted octanol–water partition coefficient (Wildman–Crippen LogP) is 1.62. The first-order valence-corrected chi connectivity index (χ1v) is 6.92. The Morgan fingerprint density at radius 1 is 1.32 bits per heavy atom. The third-order valence-corrected chi connectivity index (χ3v) is 3.31. The Kier molecular flexibility index (Phi) is 5.16. The van der Waals surface area contributed by atoms with Crippen LogP contribution in [0.3, 0.4) is 0 Å². The highest BCUT2D eigenvalue weighted by molar-refractivity contribution is 5.89. The number of hydrogen-bond donors (Lipinski definition) is 1. The van der Waals surface area contributed by atoms with Crippen LogP contribution in [0.4, 0.5) is 0 Å². The second-order valence-corrected chi connectivity index (χ2v) is 4.98. The third kappa shape index (κ3) is 3.85. The van der Waals surface area contributed by atoms with Gasteiger partial charge in [-0.25, -0.2) is 4.79 Å². The van der Waals surface area contributed by atoms with E-state index in [2.05, 4.69) is 11.9 Å². The molecule has 1 heterocycles. The van der Waals surface area contributed by atoms with Crippen LogP contribution in [-0.4, -0.2) is 37.4 Å². The molecular formula is C16H19NO5. The molecule has 0 bridgehead atoms. The maximum absolute atomic E-state index is 12.2. The van der Waals surface area contributed by atoms with Crippen LogP contribution in [0.2, 0.25) is 0 Å². The fourth-order valence-corrected chi connectivity index (χ4v) is 2.28. The molecule has 6 nitrogen and oxygen atoms in total. The Hall–Kier alpha value is -2.34. The van der Waals surface area contributed by atoms with Crippen LogP contribution in [0.1, 0.15) is 23.7 Å². The van der Waals surface area contributed by atoms with Crippen molar-refractivity contribution >= 4 is 11.9 Å². The summed E-state index contributed by atoms with van der Waals surface area (Å²) >= 11 is 0. The molecule has 3 atom stereocenters. The SMILES string of the molecule is C=C1O[C@H](OC)C[C@H](NC(C)=O)[C@@H]1OC(=O)c1ccccc1. The molecule has 1 aliphatic rings. The predicted molar refractivity (Wildman–Crippen MR) is 78.9 cm³/mol. The zero-order chi connectivity index (χ0) is 16.1. The zero-order valence-electron chi connectivity index (χ0n) is 12.6. The Balaban J connectivity index is 2.13. The van der Waals surface area contributed by atoms with Crippen molar-refractivity contribution in [1.82, 2.24) is 5.32 Å². The van der Waals surface area contributed by atoms with E-state index >= 15 is 0 Å². The van der Waals surface area contributed by atoms with Gasteiger partial charge < -0.3 is 19.5 Å². The highest BCUT2D eigenvalue weighted by Crippen LogP contribution is 2.26. The Morgan fingerprint density at radius 2 is 2.00 bits per heavy atom. The van der Waals surface area contributed by atoms with E-state index < -0.39 is 24.4 Å². The molecule has 1 aromatic carbocycles. The van der Waals surface area contributed by atoms with E-state index in [0.717, 1.165) is 0 Å². The van der Waals surface area contributed by atoms with Gasteiger partial charge in [0.15, 0.2) is 6.10 Å². The minimum atomic E-state index is -0.761. The Morgan fingerprint density at radius 3 is 2.59 bits per heavy atom. The molecule has 0 aliphatic carbocycles. The molecule has 118 valence electrons. The second kappa shape index (κ2) is 7.09. The molecule has 1 N–H and O–H groups in total. The van der Waals surface area contributed by atoms with E-state index in [0.29, 0.717) is 12.0 Å². The average molecular weight is 305 g/mol. The van der Waals surface area contributed by atoms with Gasteiger partial charge in [0.25, 0.3) is 0 Å². The summed E-state index contributed by atoms with van der Waals surface area (Å²) in [6.45, 7) is 5.17. The monoisotopic (exact) mass is 305 g/mol. The second-order valence-electron chi connectivity index (χ2n) is 4.98. The maximum Gasteiger partial charge on any atom is 0.338 e. The third-order valence-electron chi connectivity index (χ3n) is 3.31. The van der Waals surface area contributed by atoms with Gasteiger partial charge in [-0.2, -0.15) is 0 Å². The summed E-state index contributed by atoms with van der Waals surface area (Å²) in [6.07, 6.45) is -0.930. The standard InChI is InChI=1S/C16H19NO5/c1-10-15(22-16(19)12-7-5-4-6-8-12)13(17-11(2)18)9-14(20-3)21-10/h4-8,13-15H,1,9H2,2-3H3,(H,17,18)/t13-,14-,15+/m0/s1. The zero-order valence-corrected chi connectivity index (χ0v) is 12.6. The summed E-state index contributed by atoms with van der Waals surface area (Å²) in [5.74, 6) is -0.474. The van der Waals surface area contributed by atoms with Crippen molar-refractivity contribution < 1.29 is 23.8 Å². The molecule has 0 radical (unpaired) electrons. The van der Waals surface area contributed by atoms with Gasteiger partial charge in [-0.15, -0.1) is 0 Å². The van der Waals surface area contributed by atoms with Crippen molar-refractivity contribution in [2.24, 2.45) is 0 Å². The van der Waals surface area contributed by atoms with Crippen LogP contribution in [0.5, 0.6) is 0 Å². The van der Waals surface area contributed by atoms with Crippen molar-refractivity contribution in [2.75, 3.05) is 7.11 Å². The molecule has 6 heteroatoms. The lowest BCUT2D eigenvalue weighted by molar-refractivity contribution is -0.151. The van der Waals surface area contributed by atoms with E-state index in [4.69, 9.17) is 14.2 Å². The van der Waals surface area contributed by atoms with Gasteiger partial charge in [-0.05, 0) is 12.1 Å². The van der Waals surface area contributed by atoms with Crippen molar-refractivity contribution in [3.05, 3.63) is 48.2 Å². The van der Waals surface area contributed by atoms with Gasteiger partial charge in [0.2, 0.25) is 12.2 Å². The number of ether oxygens (including phenoxy) is 3. The molecule has 1 aromatic rings. The molecule has 0 spiro atoms. The topological polar surface area (TPSA) is 73.9 Å². The van der Waals surface area contributed by atoms with Crippen LogP contribution in [0.25, 0.3) is 0 Å². The molecule has 0 aromatic heterocycles. The van der Waals surface area contributed by atoms with Crippen LogP contribution in [0.15, 0.2) is 42.7 Å². The summed E-state index contributed by atoms with van der Waals surface area (Å²) < 4.78 is 16.1. The number of esters is 1. The first kappa shape index (κ1) is 16.0. The first-order valence-electron chi connectivity index (χ1n) is 6.92. The van der Waals surface area contributed by atoms with Crippen LogP contribution >= 0.6 is 0 Å². The van der Waals surface area contributed by atoms with Gasteiger partial charge in [-0.1, -0.05) is 24.8 Å². The molecule has 1 aliphatic heterocycles.